The van der Waals surface area contributed by atoms with Gasteiger partial charge in [-0.3, -0.25) is 0 Å². The molecule has 0 spiro atoms. The van der Waals surface area contributed by atoms with Gasteiger partial charge in [-0.25, -0.2) is 15.0 Å². The second kappa shape index (κ2) is 20.6. The molecule has 0 atom stereocenters. The molecule has 0 aliphatic rings. The van der Waals surface area contributed by atoms with Gasteiger partial charge in [-0.1, -0.05) is 255 Å². The molecule has 5 heteroatoms. The number of rotatable bonds is 10. The van der Waals surface area contributed by atoms with Crippen LogP contribution in [0.25, 0.3) is 159 Å². The maximum atomic E-state index is 5.40. The quantitative estimate of drug-likeness (QED) is 0.137. The van der Waals surface area contributed by atoms with Crippen molar-refractivity contribution in [1.29, 1.82) is 0 Å². The molecule has 392 valence electrons. The van der Waals surface area contributed by atoms with E-state index in [1.807, 2.05) is 11.3 Å². The SMILES string of the molecule is c1ccc(-c2ccc(-c3ccc(-c4nc(-c5ccc(-c6ccc(-c7ccccc7)cc6)cc5)nc(-c5ccc(-n6c7cc8ccccc8cc7c7c(-c8ccccc8)cccc76)c(-c6ccc7c(c6)sc6ccccc67)c5)n4)cc3)cc2)cc1. The first kappa shape index (κ1) is 49.0. The van der Waals surface area contributed by atoms with Crippen molar-refractivity contribution in [3.8, 4) is 107 Å². The molecule has 3 heterocycles. The molecule has 16 aromatic rings. The molecule has 0 radical (unpaired) electrons. The number of fused-ring (bicyclic) bond motifs is 7. The van der Waals surface area contributed by atoms with Gasteiger partial charge in [-0.2, -0.15) is 0 Å². The topological polar surface area (TPSA) is 43.6 Å². The Balaban J connectivity index is 0.871. The summed E-state index contributed by atoms with van der Waals surface area (Å²) in [6.45, 7) is 0. The monoisotopic (exact) mass is 1090 g/mol. The standard InChI is InChI=1S/C79H50N4S/c1-4-15-51(16-5-1)53-27-31-55(32-28-53)57-35-39-60(40-36-57)77-80-78(61-41-37-58(38-42-61)56-33-29-54(30-34-56)52-17-6-2-7-18-52)82-79(81-77)65-44-46-71(69(48-65)64-43-45-68-67-23-12-13-26-74(67)84-75(68)50-64)83-72-25-14-24-66(59-19-8-3-9-20-59)76(72)70-47-62-21-10-11-22-63(62)49-73(70)83/h1-50H. The van der Waals surface area contributed by atoms with Crippen LogP contribution in [0.2, 0.25) is 0 Å². The predicted molar refractivity (Wildman–Crippen MR) is 353 cm³/mol. The molecule has 0 saturated carbocycles. The number of thiophene rings is 1. The first-order valence-corrected chi connectivity index (χ1v) is 29.3. The molecular weight excluding hydrogens is 1040 g/mol. The molecule has 0 aliphatic carbocycles. The minimum atomic E-state index is 0.589. The molecule has 4 nitrogen and oxygen atoms in total. The predicted octanol–water partition coefficient (Wildman–Crippen LogP) is 21.5. The van der Waals surface area contributed by atoms with Gasteiger partial charge in [0.05, 0.1) is 16.7 Å². The van der Waals surface area contributed by atoms with Gasteiger partial charge in [-0.15, -0.1) is 11.3 Å². The van der Waals surface area contributed by atoms with Crippen molar-refractivity contribution in [1.82, 2.24) is 19.5 Å². The summed E-state index contributed by atoms with van der Waals surface area (Å²) in [5.74, 6) is 1.79. The van der Waals surface area contributed by atoms with E-state index in [1.165, 1.54) is 75.1 Å². The van der Waals surface area contributed by atoms with Crippen molar-refractivity contribution in [2.75, 3.05) is 0 Å². The summed E-state index contributed by atoms with van der Waals surface area (Å²) in [5.41, 5.74) is 19.9. The van der Waals surface area contributed by atoms with Gasteiger partial charge in [-0.05, 0) is 121 Å². The fourth-order valence-electron chi connectivity index (χ4n) is 12.2. The smallest absolute Gasteiger partial charge is 0.164 e. The van der Waals surface area contributed by atoms with E-state index >= 15 is 0 Å². The number of nitrogens with zero attached hydrogens (tertiary/aromatic N) is 4. The average molecular weight is 1090 g/mol. The lowest BCUT2D eigenvalue weighted by molar-refractivity contribution is 1.07. The average Bonchev–Trinajstić information content (AvgIpc) is 1.77. The van der Waals surface area contributed by atoms with Crippen molar-refractivity contribution in [3.05, 3.63) is 303 Å². The molecule has 0 fully saturated rings. The summed E-state index contributed by atoms with van der Waals surface area (Å²) < 4.78 is 4.99. The van der Waals surface area contributed by atoms with Gasteiger partial charge in [0.2, 0.25) is 0 Å². The summed E-state index contributed by atoms with van der Waals surface area (Å²) in [5, 5.41) is 7.35. The van der Waals surface area contributed by atoms with E-state index in [9.17, 15) is 0 Å². The molecule has 0 unspecified atom stereocenters. The Hall–Kier alpha value is -10.9. The van der Waals surface area contributed by atoms with E-state index < -0.39 is 0 Å². The Morgan fingerprint density at radius 1 is 0.238 bits per heavy atom. The van der Waals surface area contributed by atoms with Gasteiger partial charge in [0, 0.05) is 53.2 Å². The molecule has 0 aliphatic heterocycles. The van der Waals surface area contributed by atoms with Crippen LogP contribution in [0.15, 0.2) is 303 Å². The molecule has 16 rings (SSSR count). The van der Waals surface area contributed by atoms with Crippen LogP contribution in [0.3, 0.4) is 0 Å². The lowest BCUT2D eigenvalue weighted by Gasteiger charge is -2.17. The van der Waals surface area contributed by atoms with Gasteiger partial charge in [0.25, 0.3) is 0 Å². The molecule has 0 amide bonds. The summed E-state index contributed by atoms with van der Waals surface area (Å²) >= 11 is 1.84. The van der Waals surface area contributed by atoms with Crippen LogP contribution >= 0.6 is 11.3 Å². The second-order valence-electron chi connectivity index (χ2n) is 21.5. The third-order valence-corrected chi connectivity index (χ3v) is 17.6. The molecule has 3 aromatic heterocycles. The van der Waals surface area contributed by atoms with E-state index in [4.69, 9.17) is 15.0 Å². The van der Waals surface area contributed by atoms with Crippen LogP contribution in [-0.4, -0.2) is 19.5 Å². The van der Waals surface area contributed by atoms with E-state index in [0.29, 0.717) is 17.5 Å². The van der Waals surface area contributed by atoms with Gasteiger partial charge < -0.3 is 4.57 Å². The Labute approximate surface area is 490 Å². The maximum Gasteiger partial charge on any atom is 0.164 e. The highest BCUT2D eigenvalue weighted by molar-refractivity contribution is 7.25. The minimum absolute atomic E-state index is 0.589. The highest BCUT2D eigenvalue weighted by Crippen LogP contribution is 2.45. The highest BCUT2D eigenvalue weighted by Gasteiger charge is 2.22. The normalized spacial score (nSPS) is 11.6. The third kappa shape index (κ3) is 8.83. The van der Waals surface area contributed by atoms with E-state index in [-0.39, 0.29) is 0 Å². The first-order chi connectivity index (χ1) is 41.6. The van der Waals surface area contributed by atoms with Crippen LogP contribution in [0.1, 0.15) is 0 Å². The Morgan fingerprint density at radius 2 is 0.667 bits per heavy atom. The van der Waals surface area contributed by atoms with Gasteiger partial charge >= 0.3 is 0 Å². The maximum absolute atomic E-state index is 5.40. The first-order valence-electron chi connectivity index (χ1n) is 28.5. The summed E-state index contributed by atoms with van der Waals surface area (Å²) in [6.07, 6.45) is 0. The molecule has 0 bridgehead atoms. The summed E-state index contributed by atoms with van der Waals surface area (Å²) in [7, 11) is 0. The Bertz CT molecular complexity index is 4980. The van der Waals surface area contributed by atoms with Crippen molar-refractivity contribution >= 4 is 64.1 Å². The summed E-state index contributed by atoms with van der Waals surface area (Å²) in [4.78, 5) is 16.1. The fourth-order valence-corrected chi connectivity index (χ4v) is 13.4. The third-order valence-electron chi connectivity index (χ3n) is 16.5. The van der Waals surface area contributed by atoms with Crippen LogP contribution in [0.5, 0.6) is 0 Å². The van der Waals surface area contributed by atoms with E-state index in [0.717, 1.165) is 66.8 Å². The second-order valence-corrected chi connectivity index (χ2v) is 22.6. The van der Waals surface area contributed by atoms with Crippen LogP contribution < -0.4 is 0 Å². The highest BCUT2D eigenvalue weighted by atomic mass is 32.1. The zero-order valence-corrected chi connectivity index (χ0v) is 46.4. The Kier molecular flexibility index (Phi) is 12.0. The van der Waals surface area contributed by atoms with Gasteiger partial charge in [0.15, 0.2) is 17.5 Å². The summed E-state index contributed by atoms with van der Waals surface area (Å²) in [6, 6.07) is 109. The zero-order valence-electron chi connectivity index (χ0n) is 45.6. The largest absolute Gasteiger partial charge is 0.309 e. The van der Waals surface area contributed by atoms with Crippen molar-refractivity contribution in [2.45, 2.75) is 0 Å². The number of hydrogen-bond donors (Lipinski definition) is 0. The van der Waals surface area contributed by atoms with Crippen molar-refractivity contribution < 1.29 is 0 Å². The minimum Gasteiger partial charge on any atom is -0.309 e. The molecule has 84 heavy (non-hydrogen) atoms. The van der Waals surface area contributed by atoms with Gasteiger partial charge in [0.1, 0.15) is 0 Å². The van der Waals surface area contributed by atoms with Crippen molar-refractivity contribution in [2.24, 2.45) is 0 Å². The van der Waals surface area contributed by atoms with Crippen LogP contribution in [0.4, 0.5) is 0 Å². The molecule has 0 N–H and O–H groups in total. The lowest BCUT2D eigenvalue weighted by Crippen LogP contribution is -2.02. The lowest BCUT2D eigenvalue weighted by atomic mass is 9.98. The molecular formula is C79H50N4S. The van der Waals surface area contributed by atoms with E-state index in [2.05, 4.69) is 308 Å². The van der Waals surface area contributed by atoms with Crippen LogP contribution in [-0.2, 0) is 0 Å². The zero-order chi connectivity index (χ0) is 55.5. The molecule has 0 saturated heterocycles. The number of aromatic nitrogens is 4. The fraction of sp³-hybridized carbons (Fsp3) is 0. The van der Waals surface area contributed by atoms with E-state index in [1.54, 1.807) is 0 Å². The number of benzene rings is 13. The number of hydrogen-bond acceptors (Lipinski definition) is 4. The molecule has 13 aromatic carbocycles. The van der Waals surface area contributed by atoms with Crippen molar-refractivity contribution in [3.63, 3.8) is 0 Å². The Morgan fingerprint density at radius 3 is 1.23 bits per heavy atom. The van der Waals surface area contributed by atoms with Crippen LogP contribution in [0, 0.1) is 0 Å².